The number of methoxy groups -OCH3 is 4. The van der Waals surface area contributed by atoms with Crippen molar-refractivity contribution in [2.45, 2.75) is 0 Å². The highest BCUT2D eigenvalue weighted by molar-refractivity contribution is 5.67. The summed E-state index contributed by atoms with van der Waals surface area (Å²) in [5, 5.41) is 4.03. The molecule has 0 aliphatic rings. The van der Waals surface area contributed by atoms with E-state index in [2.05, 4.69) is 10.1 Å². The molecule has 130 valence electrons. The molecule has 2 aromatic carbocycles. The van der Waals surface area contributed by atoms with Crippen LogP contribution in [0.2, 0.25) is 0 Å². The summed E-state index contributed by atoms with van der Waals surface area (Å²) in [5.74, 6) is 3.12. The van der Waals surface area contributed by atoms with Gasteiger partial charge in [-0.3, -0.25) is 0 Å². The molecule has 25 heavy (non-hydrogen) atoms. The summed E-state index contributed by atoms with van der Waals surface area (Å²) in [4.78, 5) is 4.44. The minimum atomic E-state index is 0.352. The lowest BCUT2D eigenvalue weighted by Crippen LogP contribution is -1.95. The fourth-order valence-electron chi connectivity index (χ4n) is 2.40. The maximum atomic E-state index is 5.39. The van der Waals surface area contributed by atoms with Crippen LogP contribution in [0.5, 0.6) is 23.0 Å². The van der Waals surface area contributed by atoms with Crippen LogP contribution in [0.1, 0.15) is 0 Å². The second-order valence-electron chi connectivity index (χ2n) is 5.07. The predicted molar refractivity (Wildman–Crippen MR) is 91.4 cm³/mol. The molecule has 0 aliphatic carbocycles. The molecule has 0 radical (unpaired) electrons. The Morgan fingerprint density at radius 1 is 0.760 bits per heavy atom. The maximum absolute atomic E-state index is 5.39. The molecule has 0 unspecified atom stereocenters. The zero-order chi connectivity index (χ0) is 17.8. The Balaban J connectivity index is 1.98. The third kappa shape index (κ3) is 3.21. The summed E-state index contributed by atoms with van der Waals surface area (Å²) in [6.45, 7) is 0. The predicted octanol–water partition coefficient (Wildman–Crippen LogP) is 3.44. The van der Waals surface area contributed by atoms with Gasteiger partial charge in [-0.2, -0.15) is 4.98 Å². The van der Waals surface area contributed by atoms with Gasteiger partial charge in [-0.05, 0) is 36.4 Å². The van der Waals surface area contributed by atoms with Crippen molar-refractivity contribution in [1.82, 2.24) is 10.1 Å². The van der Waals surface area contributed by atoms with Gasteiger partial charge in [0.05, 0.1) is 28.4 Å². The summed E-state index contributed by atoms with van der Waals surface area (Å²) in [6, 6.07) is 10.9. The summed E-state index contributed by atoms with van der Waals surface area (Å²) >= 11 is 0. The van der Waals surface area contributed by atoms with Gasteiger partial charge in [0.25, 0.3) is 5.89 Å². The van der Waals surface area contributed by atoms with Crippen molar-refractivity contribution in [3.05, 3.63) is 36.4 Å². The topological polar surface area (TPSA) is 75.8 Å². The van der Waals surface area contributed by atoms with Gasteiger partial charge < -0.3 is 23.5 Å². The first-order valence-corrected chi connectivity index (χ1v) is 7.48. The quantitative estimate of drug-likeness (QED) is 0.679. The third-order valence-corrected chi connectivity index (χ3v) is 3.69. The van der Waals surface area contributed by atoms with E-state index in [0.717, 1.165) is 11.3 Å². The van der Waals surface area contributed by atoms with E-state index in [1.165, 1.54) is 0 Å². The van der Waals surface area contributed by atoms with Crippen LogP contribution in [-0.2, 0) is 0 Å². The summed E-state index contributed by atoms with van der Waals surface area (Å²) in [7, 11) is 6.27. The first-order chi connectivity index (χ1) is 12.2. The molecular formula is C18H18N2O5. The van der Waals surface area contributed by atoms with Gasteiger partial charge in [0, 0.05) is 11.1 Å². The number of hydrogen-bond donors (Lipinski definition) is 0. The van der Waals surface area contributed by atoms with Crippen LogP contribution in [0.3, 0.4) is 0 Å². The van der Waals surface area contributed by atoms with Crippen molar-refractivity contribution >= 4 is 0 Å². The standard InChI is InChI=1S/C18H18N2O5/c1-21-13-7-5-11(6-8-13)17-19-18(25-20-17)12-9-14(22-2)16(24-4)15(10-12)23-3/h5-10H,1-4H3. The van der Waals surface area contributed by atoms with Crippen molar-refractivity contribution in [3.8, 4) is 45.8 Å². The smallest absolute Gasteiger partial charge is 0.258 e. The Labute approximate surface area is 145 Å². The number of rotatable bonds is 6. The average molecular weight is 342 g/mol. The number of nitrogens with zero attached hydrogens (tertiary/aromatic N) is 2. The van der Waals surface area contributed by atoms with E-state index in [4.69, 9.17) is 23.5 Å². The second kappa shape index (κ2) is 7.12. The van der Waals surface area contributed by atoms with Crippen LogP contribution < -0.4 is 18.9 Å². The monoisotopic (exact) mass is 342 g/mol. The Kier molecular flexibility index (Phi) is 4.74. The van der Waals surface area contributed by atoms with E-state index in [-0.39, 0.29) is 0 Å². The Hall–Kier alpha value is -3.22. The molecule has 3 rings (SSSR count). The molecule has 3 aromatic rings. The van der Waals surface area contributed by atoms with E-state index in [0.29, 0.717) is 34.5 Å². The summed E-state index contributed by atoms with van der Waals surface area (Å²) in [6.07, 6.45) is 0. The highest BCUT2D eigenvalue weighted by Gasteiger charge is 2.18. The van der Waals surface area contributed by atoms with Crippen LogP contribution in [0.25, 0.3) is 22.8 Å². The van der Waals surface area contributed by atoms with Crippen LogP contribution in [0, 0.1) is 0 Å². The highest BCUT2D eigenvalue weighted by Crippen LogP contribution is 2.41. The zero-order valence-corrected chi connectivity index (χ0v) is 14.4. The molecule has 0 aliphatic heterocycles. The van der Waals surface area contributed by atoms with Gasteiger partial charge in [0.2, 0.25) is 11.6 Å². The lowest BCUT2D eigenvalue weighted by molar-refractivity contribution is 0.324. The molecule has 0 amide bonds. The van der Waals surface area contributed by atoms with Gasteiger partial charge in [-0.15, -0.1) is 0 Å². The van der Waals surface area contributed by atoms with Crippen molar-refractivity contribution in [2.24, 2.45) is 0 Å². The Bertz CT molecular complexity index is 833. The second-order valence-corrected chi connectivity index (χ2v) is 5.07. The molecular weight excluding hydrogens is 324 g/mol. The number of benzene rings is 2. The van der Waals surface area contributed by atoms with E-state index in [9.17, 15) is 0 Å². The Morgan fingerprint density at radius 2 is 1.40 bits per heavy atom. The lowest BCUT2D eigenvalue weighted by Gasteiger charge is -2.12. The summed E-state index contributed by atoms with van der Waals surface area (Å²) < 4.78 is 26.6. The molecule has 0 saturated heterocycles. The van der Waals surface area contributed by atoms with Gasteiger partial charge in [0.15, 0.2) is 11.5 Å². The average Bonchev–Trinajstić information content (AvgIpc) is 3.17. The van der Waals surface area contributed by atoms with Crippen LogP contribution in [-0.4, -0.2) is 38.6 Å². The minimum absolute atomic E-state index is 0.352. The van der Waals surface area contributed by atoms with Gasteiger partial charge in [-0.1, -0.05) is 5.16 Å². The zero-order valence-electron chi connectivity index (χ0n) is 14.4. The molecule has 0 bridgehead atoms. The van der Waals surface area contributed by atoms with E-state index >= 15 is 0 Å². The highest BCUT2D eigenvalue weighted by atomic mass is 16.5. The molecule has 1 heterocycles. The van der Waals surface area contributed by atoms with Gasteiger partial charge in [-0.25, -0.2) is 0 Å². The summed E-state index contributed by atoms with van der Waals surface area (Å²) in [5.41, 5.74) is 1.49. The normalized spacial score (nSPS) is 10.4. The van der Waals surface area contributed by atoms with Crippen molar-refractivity contribution in [1.29, 1.82) is 0 Å². The largest absolute Gasteiger partial charge is 0.497 e. The van der Waals surface area contributed by atoms with Crippen molar-refractivity contribution in [3.63, 3.8) is 0 Å². The molecule has 0 spiro atoms. The van der Waals surface area contributed by atoms with E-state index in [1.54, 1.807) is 40.6 Å². The van der Waals surface area contributed by atoms with Crippen LogP contribution in [0.15, 0.2) is 40.9 Å². The van der Waals surface area contributed by atoms with Gasteiger partial charge >= 0.3 is 0 Å². The van der Waals surface area contributed by atoms with E-state index in [1.807, 2.05) is 24.3 Å². The Morgan fingerprint density at radius 3 is 1.92 bits per heavy atom. The molecule has 7 heteroatoms. The van der Waals surface area contributed by atoms with Crippen molar-refractivity contribution in [2.75, 3.05) is 28.4 Å². The third-order valence-electron chi connectivity index (χ3n) is 3.69. The first kappa shape index (κ1) is 16.6. The van der Waals surface area contributed by atoms with Crippen molar-refractivity contribution < 1.29 is 23.5 Å². The molecule has 0 fully saturated rings. The molecule has 0 N–H and O–H groups in total. The number of hydrogen-bond acceptors (Lipinski definition) is 7. The lowest BCUT2D eigenvalue weighted by atomic mass is 10.1. The maximum Gasteiger partial charge on any atom is 0.258 e. The number of ether oxygens (including phenoxy) is 4. The first-order valence-electron chi connectivity index (χ1n) is 7.48. The fourth-order valence-corrected chi connectivity index (χ4v) is 2.40. The van der Waals surface area contributed by atoms with Crippen LogP contribution >= 0.6 is 0 Å². The van der Waals surface area contributed by atoms with Gasteiger partial charge in [0.1, 0.15) is 5.75 Å². The molecule has 7 nitrogen and oxygen atoms in total. The minimum Gasteiger partial charge on any atom is -0.497 e. The molecule has 1 aromatic heterocycles. The van der Waals surface area contributed by atoms with E-state index < -0.39 is 0 Å². The SMILES string of the molecule is COc1ccc(-c2noc(-c3cc(OC)c(OC)c(OC)c3)n2)cc1. The fraction of sp³-hybridized carbons (Fsp3) is 0.222. The van der Waals surface area contributed by atoms with Crippen LogP contribution in [0.4, 0.5) is 0 Å². The molecule has 0 saturated carbocycles. The number of aromatic nitrogens is 2. The molecule has 0 atom stereocenters.